The van der Waals surface area contributed by atoms with Crippen molar-refractivity contribution in [2.75, 3.05) is 12.4 Å². The molecule has 2 unspecified atom stereocenters. The summed E-state index contributed by atoms with van der Waals surface area (Å²) in [5.74, 6) is 0.201. The van der Waals surface area contributed by atoms with Crippen molar-refractivity contribution in [2.45, 2.75) is 32.2 Å². The van der Waals surface area contributed by atoms with Crippen molar-refractivity contribution in [2.24, 2.45) is 5.92 Å². The minimum atomic E-state index is -0.492. The van der Waals surface area contributed by atoms with Crippen LogP contribution < -0.4 is 10.6 Å². The van der Waals surface area contributed by atoms with Crippen LogP contribution in [0.3, 0.4) is 0 Å². The quantitative estimate of drug-likeness (QED) is 0.654. The lowest BCUT2D eigenvalue weighted by Gasteiger charge is -2.18. The van der Waals surface area contributed by atoms with E-state index in [2.05, 4.69) is 17.6 Å². The van der Waals surface area contributed by atoms with Gasteiger partial charge in [0.2, 0.25) is 0 Å². The number of nitro groups is 1. The second kappa shape index (κ2) is 5.90. The van der Waals surface area contributed by atoms with E-state index >= 15 is 0 Å². The van der Waals surface area contributed by atoms with Crippen LogP contribution in [0.25, 0.3) is 0 Å². The molecule has 6 heteroatoms. The van der Waals surface area contributed by atoms with Crippen molar-refractivity contribution in [3.8, 4) is 0 Å². The number of non-ortho nitro benzene ring substituents is 1. The summed E-state index contributed by atoms with van der Waals surface area (Å²) >= 11 is 0. The van der Waals surface area contributed by atoms with E-state index in [0.717, 1.165) is 19.3 Å². The molecule has 1 amide bonds. The van der Waals surface area contributed by atoms with Gasteiger partial charge in [0.1, 0.15) is 0 Å². The first-order chi connectivity index (χ1) is 9.52. The third kappa shape index (κ3) is 2.89. The number of nitro benzene ring substituents is 1. The normalized spacial score (nSPS) is 21.5. The molecular weight excluding hydrogens is 258 g/mol. The summed E-state index contributed by atoms with van der Waals surface area (Å²) in [6.07, 6.45) is 3.19. The summed E-state index contributed by atoms with van der Waals surface area (Å²) in [6.45, 7) is 2.12. The molecule has 0 spiro atoms. The van der Waals surface area contributed by atoms with Crippen LogP contribution in [0.5, 0.6) is 0 Å². The van der Waals surface area contributed by atoms with Gasteiger partial charge < -0.3 is 10.6 Å². The van der Waals surface area contributed by atoms with E-state index in [1.807, 2.05) is 0 Å². The van der Waals surface area contributed by atoms with E-state index in [1.54, 1.807) is 13.1 Å². The predicted octanol–water partition coefficient (Wildman–Crippen LogP) is 2.55. The molecule has 2 atom stereocenters. The molecule has 0 radical (unpaired) electrons. The summed E-state index contributed by atoms with van der Waals surface area (Å²) in [5.41, 5.74) is 0.841. The Morgan fingerprint density at radius 2 is 2.15 bits per heavy atom. The Labute approximate surface area is 117 Å². The maximum Gasteiger partial charge on any atom is 0.270 e. The fourth-order valence-corrected chi connectivity index (χ4v) is 2.66. The molecule has 2 N–H and O–H groups in total. The highest BCUT2D eigenvalue weighted by Gasteiger charge is 2.26. The Morgan fingerprint density at radius 1 is 1.40 bits per heavy atom. The lowest BCUT2D eigenvalue weighted by molar-refractivity contribution is -0.384. The zero-order chi connectivity index (χ0) is 14.7. The van der Waals surface area contributed by atoms with Gasteiger partial charge in [-0.3, -0.25) is 14.9 Å². The average Bonchev–Trinajstić information content (AvgIpc) is 2.83. The SMILES string of the molecule is CNc1ccc([N+](=O)[O-])cc1C(=O)NC1CCCC1C. The fourth-order valence-electron chi connectivity index (χ4n) is 2.66. The third-order valence-corrected chi connectivity index (χ3v) is 3.91. The van der Waals surface area contributed by atoms with Gasteiger partial charge in [0.05, 0.1) is 10.5 Å². The first-order valence-corrected chi connectivity index (χ1v) is 6.80. The van der Waals surface area contributed by atoms with Crippen molar-refractivity contribution >= 4 is 17.3 Å². The highest BCUT2D eigenvalue weighted by atomic mass is 16.6. The lowest BCUT2D eigenvalue weighted by atomic mass is 10.1. The molecule has 1 aromatic carbocycles. The Morgan fingerprint density at radius 3 is 2.70 bits per heavy atom. The second-order valence-electron chi connectivity index (χ2n) is 5.23. The smallest absolute Gasteiger partial charge is 0.270 e. The maximum atomic E-state index is 12.3. The van der Waals surface area contributed by atoms with Crippen LogP contribution in [0.4, 0.5) is 11.4 Å². The Bertz CT molecular complexity index is 530. The highest BCUT2D eigenvalue weighted by molar-refractivity contribution is 6.00. The second-order valence-corrected chi connectivity index (χ2v) is 5.23. The monoisotopic (exact) mass is 277 g/mol. The summed E-state index contributed by atoms with van der Waals surface area (Å²) < 4.78 is 0. The van der Waals surface area contributed by atoms with E-state index in [0.29, 0.717) is 17.2 Å². The van der Waals surface area contributed by atoms with Gasteiger partial charge in [0, 0.05) is 30.9 Å². The number of carbonyl (C=O) groups is 1. The van der Waals surface area contributed by atoms with Crippen molar-refractivity contribution in [1.82, 2.24) is 5.32 Å². The van der Waals surface area contributed by atoms with Crippen LogP contribution >= 0.6 is 0 Å². The average molecular weight is 277 g/mol. The molecule has 0 saturated heterocycles. The first-order valence-electron chi connectivity index (χ1n) is 6.80. The van der Waals surface area contributed by atoms with Gasteiger partial charge >= 0.3 is 0 Å². The topological polar surface area (TPSA) is 84.3 Å². The predicted molar refractivity (Wildman–Crippen MR) is 76.9 cm³/mol. The van der Waals surface area contributed by atoms with Crippen molar-refractivity contribution in [3.63, 3.8) is 0 Å². The summed E-state index contributed by atoms with van der Waals surface area (Å²) in [6, 6.07) is 4.43. The van der Waals surface area contributed by atoms with Crippen LogP contribution in [-0.4, -0.2) is 23.9 Å². The van der Waals surface area contributed by atoms with Crippen LogP contribution in [0, 0.1) is 16.0 Å². The molecule has 1 aromatic rings. The molecule has 0 aliphatic heterocycles. The number of benzene rings is 1. The molecule has 0 aromatic heterocycles. The molecule has 0 bridgehead atoms. The highest BCUT2D eigenvalue weighted by Crippen LogP contribution is 2.26. The molecule has 6 nitrogen and oxygen atoms in total. The van der Waals surface area contributed by atoms with Gasteiger partial charge in [0.15, 0.2) is 0 Å². The number of anilines is 1. The first kappa shape index (κ1) is 14.3. The molecule has 1 aliphatic carbocycles. The van der Waals surface area contributed by atoms with E-state index in [1.165, 1.54) is 12.1 Å². The molecule has 20 heavy (non-hydrogen) atoms. The van der Waals surface area contributed by atoms with Gasteiger partial charge in [-0.05, 0) is 24.8 Å². The van der Waals surface area contributed by atoms with Crippen molar-refractivity contribution in [1.29, 1.82) is 0 Å². The zero-order valence-corrected chi connectivity index (χ0v) is 11.7. The Kier molecular flexibility index (Phi) is 4.22. The number of hydrogen-bond acceptors (Lipinski definition) is 4. The van der Waals surface area contributed by atoms with Crippen molar-refractivity contribution in [3.05, 3.63) is 33.9 Å². The third-order valence-electron chi connectivity index (χ3n) is 3.91. The number of nitrogens with one attached hydrogen (secondary N) is 2. The molecule has 0 heterocycles. The number of nitrogens with zero attached hydrogens (tertiary/aromatic N) is 1. The molecule has 1 fully saturated rings. The maximum absolute atomic E-state index is 12.3. The Hall–Kier alpha value is -2.11. The fraction of sp³-hybridized carbons (Fsp3) is 0.500. The Balaban J connectivity index is 2.23. The minimum Gasteiger partial charge on any atom is -0.387 e. The molecular formula is C14H19N3O3. The van der Waals surface area contributed by atoms with E-state index < -0.39 is 4.92 Å². The molecule has 1 aliphatic rings. The van der Waals surface area contributed by atoms with Crippen molar-refractivity contribution < 1.29 is 9.72 Å². The van der Waals surface area contributed by atoms with Gasteiger partial charge in [-0.15, -0.1) is 0 Å². The largest absolute Gasteiger partial charge is 0.387 e. The van der Waals surface area contributed by atoms with E-state index in [4.69, 9.17) is 0 Å². The van der Waals surface area contributed by atoms with Crippen LogP contribution in [0.1, 0.15) is 36.5 Å². The van der Waals surface area contributed by atoms with E-state index in [-0.39, 0.29) is 17.6 Å². The van der Waals surface area contributed by atoms with Gasteiger partial charge in [-0.2, -0.15) is 0 Å². The molecule has 108 valence electrons. The number of rotatable bonds is 4. The number of carbonyl (C=O) groups excluding carboxylic acids is 1. The summed E-state index contributed by atoms with van der Waals surface area (Å²) in [4.78, 5) is 22.7. The summed E-state index contributed by atoms with van der Waals surface area (Å²) in [7, 11) is 1.69. The lowest BCUT2D eigenvalue weighted by Crippen LogP contribution is -2.36. The summed E-state index contributed by atoms with van der Waals surface area (Å²) in [5, 5.41) is 16.7. The van der Waals surface area contributed by atoms with Crippen LogP contribution in [0.2, 0.25) is 0 Å². The van der Waals surface area contributed by atoms with E-state index in [9.17, 15) is 14.9 Å². The number of amides is 1. The van der Waals surface area contributed by atoms with Crippen LogP contribution in [0.15, 0.2) is 18.2 Å². The molecule has 2 rings (SSSR count). The minimum absolute atomic E-state index is 0.0754. The van der Waals surface area contributed by atoms with Gasteiger partial charge in [-0.1, -0.05) is 13.3 Å². The number of hydrogen-bond donors (Lipinski definition) is 2. The molecule has 1 saturated carbocycles. The van der Waals surface area contributed by atoms with Gasteiger partial charge in [-0.25, -0.2) is 0 Å². The zero-order valence-electron chi connectivity index (χ0n) is 11.7. The standard InChI is InChI=1S/C14H19N3O3/c1-9-4-3-5-12(9)16-14(18)11-8-10(17(19)20)6-7-13(11)15-2/h6-9,12,15H,3-5H2,1-2H3,(H,16,18). The van der Waals surface area contributed by atoms with Gasteiger partial charge in [0.25, 0.3) is 11.6 Å². The van der Waals surface area contributed by atoms with Crippen LogP contribution in [-0.2, 0) is 0 Å².